The molecule has 5 nitrogen and oxygen atoms in total. The molecule has 0 bridgehead atoms. The zero-order valence-electron chi connectivity index (χ0n) is 25.8. The van der Waals surface area contributed by atoms with Gasteiger partial charge in [-0.25, -0.2) is 9.38 Å². The Kier molecular flexibility index (Phi) is 6.65. The summed E-state index contributed by atoms with van der Waals surface area (Å²) in [7, 11) is 0. The zero-order chi connectivity index (χ0) is 31.2. The maximum atomic E-state index is 6.51. The van der Waals surface area contributed by atoms with Crippen LogP contribution in [0.5, 0.6) is 0 Å². The lowest BCUT2D eigenvalue weighted by molar-refractivity contribution is 0.651. The molecule has 3 heterocycles. The van der Waals surface area contributed by atoms with E-state index in [1.165, 1.54) is 16.7 Å². The van der Waals surface area contributed by atoms with E-state index < -0.39 is 0 Å². The van der Waals surface area contributed by atoms with Crippen LogP contribution < -0.4 is 4.90 Å². The topological polar surface area (TPSA) is 38.6 Å². The smallest absolute Gasteiger partial charge is 0.232 e. The molecule has 5 heteroatoms. The average molecular weight is 597 g/mol. The third kappa shape index (κ3) is 4.44. The monoisotopic (exact) mass is 596 g/mol. The number of furan rings is 1. The van der Waals surface area contributed by atoms with Gasteiger partial charge in [0.1, 0.15) is 11.1 Å². The molecule has 0 saturated heterocycles. The predicted molar refractivity (Wildman–Crippen MR) is 192 cm³/mol. The molecule has 5 aromatic carbocycles. The molecule has 0 radical (unpaired) electrons. The van der Waals surface area contributed by atoms with Crippen molar-refractivity contribution in [1.82, 2.24) is 14.0 Å². The van der Waals surface area contributed by atoms with Crippen molar-refractivity contribution >= 4 is 61.8 Å². The molecular formula is C41H32N4O. The number of imidazole rings is 2. The Labute approximate surface area is 267 Å². The van der Waals surface area contributed by atoms with E-state index in [4.69, 9.17) is 9.40 Å². The van der Waals surface area contributed by atoms with Gasteiger partial charge < -0.3 is 9.32 Å². The first kappa shape index (κ1) is 27.5. The zero-order valence-corrected chi connectivity index (χ0v) is 25.8. The molecule has 8 aromatic rings. The highest BCUT2D eigenvalue weighted by atomic mass is 16.3. The second-order valence-corrected chi connectivity index (χ2v) is 11.4. The lowest BCUT2D eigenvalue weighted by Crippen LogP contribution is -2.09. The van der Waals surface area contributed by atoms with Gasteiger partial charge in [0.25, 0.3) is 0 Å². The summed E-state index contributed by atoms with van der Waals surface area (Å²) in [5.74, 6) is 0.784. The molecule has 0 amide bonds. The van der Waals surface area contributed by atoms with Crippen molar-refractivity contribution in [3.63, 3.8) is 0 Å². The van der Waals surface area contributed by atoms with E-state index in [0.717, 1.165) is 61.8 Å². The van der Waals surface area contributed by atoms with Gasteiger partial charge in [0.2, 0.25) is 11.5 Å². The minimum absolute atomic E-state index is 0.762. The molecular weight excluding hydrogens is 564 g/mol. The van der Waals surface area contributed by atoms with E-state index in [1.807, 2.05) is 49.4 Å². The normalized spacial score (nSPS) is 12.3. The molecule has 0 spiro atoms. The van der Waals surface area contributed by atoms with E-state index in [0.29, 0.717) is 0 Å². The summed E-state index contributed by atoms with van der Waals surface area (Å²) in [6.45, 7) is 8.11. The lowest BCUT2D eigenvalue weighted by atomic mass is 10.0. The van der Waals surface area contributed by atoms with E-state index in [9.17, 15) is 0 Å². The first-order valence-corrected chi connectivity index (χ1v) is 15.5. The Balaban J connectivity index is 1.34. The maximum absolute atomic E-state index is 6.51. The van der Waals surface area contributed by atoms with Crippen LogP contribution >= 0.6 is 0 Å². The maximum Gasteiger partial charge on any atom is 0.232 e. The van der Waals surface area contributed by atoms with Crippen LogP contribution in [0.25, 0.3) is 55.8 Å². The second kappa shape index (κ2) is 11.1. The Hall–Kier alpha value is -6.07. The van der Waals surface area contributed by atoms with Crippen LogP contribution in [0.2, 0.25) is 0 Å². The van der Waals surface area contributed by atoms with Crippen LogP contribution in [0, 0.1) is 6.92 Å². The Morgan fingerprint density at radius 2 is 1.46 bits per heavy atom. The van der Waals surface area contributed by atoms with Gasteiger partial charge in [0.15, 0.2) is 0 Å². The quantitative estimate of drug-likeness (QED) is 0.172. The van der Waals surface area contributed by atoms with Crippen molar-refractivity contribution in [2.75, 3.05) is 4.90 Å². The summed E-state index contributed by atoms with van der Waals surface area (Å²) in [6.07, 6.45) is 7.92. The molecule has 8 rings (SSSR count). The number of hydrogen-bond acceptors (Lipinski definition) is 3. The molecule has 0 aliphatic rings. The minimum Gasteiger partial charge on any atom is -0.437 e. The SMILES string of the molecule is C=C/C=C(\C=C/C)n1c2c3ccccc3oc2n2c3ccc(N(c4ccc(C)cc4)c4ccc(-c5ccccc5)cc4)cc3nc12. The van der Waals surface area contributed by atoms with Gasteiger partial charge in [-0.15, -0.1) is 0 Å². The van der Waals surface area contributed by atoms with Crippen molar-refractivity contribution < 1.29 is 4.42 Å². The number of para-hydroxylation sites is 1. The van der Waals surface area contributed by atoms with Gasteiger partial charge >= 0.3 is 0 Å². The van der Waals surface area contributed by atoms with Crippen LogP contribution in [0.3, 0.4) is 0 Å². The third-order valence-corrected chi connectivity index (χ3v) is 8.47. The summed E-state index contributed by atoms with van der Waals surface area (Å²) in [6, 6.07) is 42.5. The molecule has 0 aliphatic carbocycles. The van der Waals surface area contributed by atoms with Gasteiger partial charge in [-0.2, -0.15) is 0 Å². The van der Waals surface area contributed by atoms with Gasteiger partial charge in [0, 0.05) is 28.1 Å². The van der Waals surface area contributed by atoms with Crippen molar-refractivity contribution in [3.8, 4) is 11.1 Å². The number of anilines is 3. The van der Waals surface area contributed by atoms with Crippen LogP contribution in [-0.2, 0) is 0 Å². The first-order valence-electron chi connectivity index (χ1n) is 15.5. The predicted octanol–water partition coefficient (Wildman–Crippen LogP) is 11.2. The number of allylic oxidation sites excluding steroid dienone is 5. The molecule has 0 aliphatic heterocycles. The van der Waals surface area contributed by atoms with Crippen molar-refractivity contribution in [3.05, 3.63) is 158 Å². The van der Waals surface area contributed by atoms with Gasteiger partial charge in [0.05, 0.1) is 11.0 Å². The Morgan fingerprint density at radius 1 is 0.783 bits per heavy atom. The van der Waals surface area contributed by atoms with Crippen molar-refractivity contribution in [2.24, 2.45) is 0 Å². The molecule has 0 fully saturated rings. The molecule has 0 saturated carbocycles. The van der Waals surface area contributed by atoms with E-state index in [2.05, 4.69) is 131 Å². The number of benzene rings is 5. The number of fused-ring (bicyclic) bond motifs is 7. The number of rotatable bonds is 7. The van der Waals surface area contributed by atoms with E-state index in [-0.39, 0.29) is 0 Å². The van der Waals surface area contributed by atoms with Gasteiger partial charge in [-0.05, 0) is 91.7 Å². The number of aryl methyl sites for hydroxylation is 1. The molecule has 0 N–H and O–H groups in total. The van der Waals surface area contributed by atoms with Crippen LogP contribution in [-0.4, -0.2) is 14.0 Å². The van der Waals surface area contributed by atoms with Crippen molar-refractivity contribution in [2.45, 2.75) is 13.8 Å². The lowest BCUT2D eigenvalue weighted by Gasteiger charge is -2.26. The van der Waals surface area contributed by atoms with Gasteiger partial charge in [-0.3, -0.25) is 4.57 Å². The molecule has 0 atom stereocenters. The summed E-state index contributed by atoms with van der Waals surface area (Å²) in [5.41, 5.74) is 12.2. The van der Waals surface area contributed by atoms with Crippen LogP contribution in [0.1, 0.15) is 12.5 Å². The molecule has 222 valence electrons. The van der Waals surface area contributed by atoms with E-state index in [1.54, 1.807) is 0 Å². The number of aromatic nitrogens is 3. The van der Waals surface area contributed by atoms with Gasteiger partial charge in [-0.1, -0.05) is 91.0 Å². The highest BCUT2D eigenvalue weighted by Gasteiger charge is 2.24. The third-order valence-electron chi connectivity index (χ3n) is 8.47. The summed E-state index contributed by atoms with van der Waals surface area (Å²) in [4.78, 5) is 7.53. The number of hydrogen-bond donors (Lipinski definition) is 0. The standard InChI is InChI=1S/C41H32N4O/c1-4-11-31(12-5-2)44-39-35-15-9-10-16-38(35)46-40(39)45-37-26-25-34(27-36(37)42-41(44)45)43(32-21-17-28(3)18-22-32)33-23-19-30(20-24-33)29-13-7-6-8-14-29/h4-27H,1H2,2-3H3/b12-5-,31-11+. The fourth-order valence-electron chi connectivity index (χ4n) is 6.35. The molecule has 0 unspecified atom stereocenters. The Morgan fingerprint density at radius 3 is 2.20 bits per heavy atom. The molecule has 3 aromatic heterocycles. The number of nitrogens with zero attached hydrogens (tertiary/aromatic N) is 4. The van der Waals surface area contributed by atoms with Crippen molar-refractivity contribution in [1.29, 1.82) is 0 Å². The highest BCUT2D eigenvalue weighted by molar-refractivity contribution is 6.07. The summed E-state index contributed by atoms with van der Waals surface area (Å²) in [5, 5.41) is 1.04. The highest BCUT2D eigenvalue weighted by Crippen LogP contribution is 2.40. The fraction of sp³-hybridized carbons (Fsp3) is 0.0488. The second-order valence-electron chi connectivity index (χ2n) is 11.4. The minimum atomic E-state index is 0.762. The summed E-state index contributed by atoms with van der Waals surface area (Å²) < 4.78 is 10.8. The summed E-state index contributed by atoms with van der Waals surface area (Å²) >= 11 is 0. The fourth-order valence-corrected chi connectivity index (χ4v) is 6.35. The van der Waals surface area contributed by atoms with E-state index >= 15 is 0 Å². The van der Waals surface area contributed by atoms with Crippen LogP contribution in [0.4, 0.5) is 17.1 Å². The first-order chi connectivity index (χ1) is 22.6. The Bertz CT molecular complexity index is 2440. The average Bonchev–Trinajstić information content (AvgIpc) is 3.74. The molecule has 46 heavy (non-hydrogen) atoms. The largest absolute Gasteiger partial charge is 0.437 e. The van der Waals surface area contributed by atoms with Crippen LogP contribution in [0.15, 0.2) is 157 Å².